The standard InChI is InChI=1S/C62H46N2/c1-3-16-40(17-4-1)46-22-9-10-23-47(46)56-37-57(64-61(63-56)41-18-5-2-6-19-41)60-50-26-13-11-24-48(50)58(49-25-12-14-27-51(49)60)52-28-15-29-54-59(52)53-35-42-20-7-8-21-43(42)36-55(53)62(54)44-31-38-30-39(33-44)34-45(62)32-38/h1-29,35-39,44-45H,30-34H2. The molecule has 5 aliphatic rings. The molecule has 9 aromatic carbocycles. The van der Waals surface area contributed by atoms with Crippen LogP contribution in [0.2, 0.25) is 0 Å². The minimum absolute atomic E-state index is 0.0604. The van der Waals surface area contributed by atoms with Gasteiger partial charge in [-0.1, -0.05) is 176 Å². The quantitative estimate of drug-likeness (QED) is 0.162. The number of hydrogen-bond donors (Lipinski definition) is 0. The highest BCUT2D eigenvalue weighted by atomic mass is 14.9. The first kappa shape index (κ1) is 36.3. The van der Waals surface area contributed by atoms with Crippen LogP contribution in [-0.4, -0.2) is 9.97 Å². The topological polar surface area (TPSA) is 25.8 Å². The molecular formula is C62H46N2. The van der Waals surface area contributed by atoms with Gasteiger partial charge in [0, 0.05) is 22.1 Å². The zero-order chi connectivity index (χ0) is 41.9. The molecular weight excluding hydrogens is 773 g/mol. The van der Waals surface area contributed by atoms with E-state index in [0.29, 0.717) is 11.8 Å². The Morgan fingerprint density at radius 3 is 1.52 bits per heavy atom. The van der Waals surface area contributed by atoms with Gasteiger partial charge in [0.05, 0.1) is 11.4 Å². The summed E-state index contributed by atoms with van der Waals surface area (Å²) < 4.78 is 0. The van der Waals surface area contributed by atoms with Crippen molar-refractivity contribution in [1.29, 1.82) is 0 Å². The van der Waals surface area contributed by atoms with E-state index < -0.39 is 0 Å². The van der Waals surface area contributed by atoms with E-state index in [9.17, 15) is 0 Å². The summed E-state index contributed by atoms with van der Waals surface area (Å²) >= 11 is 0. The van der Waals surface area contributed by atoms with Crippen LogP contribution in [-0.2, 0) is 5.41 Å². The Hall–Kier alpha value is -7.16. The minimum Gasteiger partial charge on any atom is -0.228 e. The third-order valence-electron chi connectivity index (χ3n) is 16.0. The second-order valence-corrected chi connectivity index (χ2v) is 19.2. The van der Waals surface area contributed by atoms with Gasteiger partial charge in [0.15, 0.2) is 5.82 Å². The normalized spacial score (nSPS) is 21.5. The molecule has 2 heteroatoms. The highest BCUT2D eigenvalue weighted by Gasteiger charge is 2.62. The van der Waals surface area contributed by atoms with Crippen LogP contribution in [0.15, 0.2) is 194 Å². The maximum atomic E-state index is 5.51. The molecule has 4 saturated carbocycles. The number of hydrogen-bond acceptors (Lipinski definition) is 2. The zero-order valence-corrected chi connectivity index (χ0v) is 35.7. The van der Waals surface area contributed by atoms with E-state index in [1.165, 1.54) is 92.2 Å². The van der Waals surface area contributed by atoms with Crippen molar-refractivity contribution in [3.63, 3.8) is 0 Å². The van der Waals surface area contributed by atoms with Gasteiger partial charge in [-0.3, -0.25) is 0 Å². The van der Waals surface area contributed by atoms with E-state index in [2.05, 4.69) is 194 Å². The molecule has 0 N–H and O–H groups in total. The molecule has 0 atom stereocenters. The molecule has 304 valence electrons. The molecule has 1 spiro atoms. The molecule has 0 saturated heterocycles. The van der Waals surface area contributed by atoms with Gasteiger partial charge in [0.2, 0.25) is 0 Å². The molecule has 0 radical (unpaired) electrons. The lowest BCUT2D eigenvalue weighted by atomic mass is 9.43. The highest BCUT2D eigenvalue weighted by molar-refractivity contribution is 6.23. The van der Waals surface area contributed by atoms with Gasteiger partial charge in [-0.2, -0.15) is 0 Å². The van der Waals surface area contributed by atoms with Gasteiger partial charge < -0.3 is 0 Å². The highest BCUT2D eigenvalue weighted by Crippen LogP contribution is 2.70. The number of benzene rings is 9. The predicted octanol–water partition coefficient (Wildman–Crippen LogP) is 16.0. The second-order valence-electron chi connectivity index (χ2n) is 19.2. The molecule has 0 unspecified atom stereocenters. The van der Waals surface area contributed by atoms with Crippen molar-refractivity contribution in [1.82, 2.24) is 9.97 Å². The number of aromatic nitrogens is 2. The fraction of sp³-hybridized carbons (Fsp3) is 0.161. The summed E-state index contributed by atoms with van der Waals surface area (Å²) in [5, 5.41) is 7.61. The molecule has 4 bridgehead atoms. The summed E-state index contributed by atoms with van der Waals surface area (Å²) in [6.07, 6.45) is 6.91. The summed E-state index contributed by atoms with van der Waals surface area (Å²) in [5.41, 5.74) is 16.2. The first-order valence-electron chi connectivity index (χ1n) is 23.4. The van der Waals surface area contributed by atoms with E-state index in [1.54, 1.807) is 11.1 Å². The van der Waals surface area contributed by atoms with Crippen LogP contribution >= 0.6 is 0 Å². The van der Waals surface area contributed by atoms with E-state index in [-0.39, 0.29) is 5.41 Å². The van der Waals surface area contributed by atoms with Crippen LogP contribution in [0, 0.1) is 23.7 Å². The molecule has 15 rings (SSSR count). The van der Waals surface area contributed by atoms with Crippen molar-refractivity contribution in [2.45, 2.75) is 37.5 Å². The maximum absolute atomic E-state index is 5.51. The maximum Gasteiger partial charge on any atom is 0.160 e. The molecule has 1 heterocycles. The van der Waals surface area contributed by atoms with Gasteiger partial charge in [-0.25, -0.2) is 9.97 Å². The lowest BCUT2D eigenvalue weighted by Gasteiger charge is -2.61. The molecule has 2 nitrogen and oxygen atoms in total. The fourth-order valence-electron chi connectivity index (χ4n) is 13.8. The van der Waals surface area contributed by atoms with Crippen LogP contribution in [0.5, 0.6) is 0 Å². The molecule has 64 heavy (non-hydrogen) atoms. The number of nitrogens with zero attached hydrogens (tertiary/aromatic N) is 2. The van der Waals surface area contributed by atoms with Crippen molar-refractivity contribution in [2.24, 2.45) is 23.7 Å². The van der Waals surface area contributed by atoms with Crippen molar-refractivity contribution in [2.75, 3.05) is 0 Å². The van der Waals surface area contributed by atoms with Crippen LogP contribution in [0.1, 0.15) is 43.2 Å². The van der Waals surface area contributed by atoms with Gasteiger partial charge in [0.1, 0.15) is 0 Å². The van der Waals surface area contributed by atoms with Gasteiger partial charge in [-0.15, -0.1) is 0 Å². The van der Waals surface area contributed by atoms with E-state index in [0.717, 1.165) is 51.3 Å². The Balaban J connectivity index is 1.05. The average molecular weight is 819 g/mol. The molecule has 1 aromatic heterocycles. The van der Waals surface area contributed by atoms with Crippen molar-refractivity contribution in [3.8, 4) is 67.3 Å². The van der Waals surface area contributed by atoms with Crippen LogP contribution in [0.3, 0.4) is 0 Å². The van der Waals surface area contributed by atoms with Crippen molar-refractivity contribution < 1.29 is 0 Å². The Labute approximate surface area is 374 Å². The lowest BCUT2D eigenvalue weighted by molar-refractivity contribution is -0.0398. The molecule has 0 amide bonds. The Morgan fingerprint density at radius 2 is 0.859 bits per heavy atom. The first-order chi connectivity index (χ1) is 31.7. The van der Waals surface area contributed by atoms with Gasteiger partial charge >= 0.3 is 0 Å². The van der Waals surface area contributed by atoms with E-state index in [1.807, 2.05) is 0 Å². The van der Waals surface area contributed by atoms with Crippen molar-refractivity contribution >= 4 is 32.3 Å². The third kappa shape index (κ3) is 5.20. The Kier molecular flexibility index (Phi) is 7.90. The molecule has 5 aliphatic carbocycles. The largest absolute Gasteiger partial charge is 0.228 e. The van der Waals surface area contributed by atoms with Gasteiger partial charge in [0.25, 0.3) is 0 Å². The van der Waals surface area contributed by atoms with Crippen LogP contribution in [0.25, 0.3) is 99.6 Å². The second kappa shape index (κ2) is 13.9. The molecule has 4 fully saturated rings. The summed E-state index contributed by atoms with van der Waals surface area (Å²) in [4.78, 5) is 10.9. The van der Waals surface area contributed by atoms with E-state index >= 15 is 0 Å². The lowest BCUT2D eigenvalue weighted by Crippen LogP contribution is -2.55. The molecule has 0 aliphatic heterocycles. The fourth-order valence-corrected chi connectivity index (χ4v) is 13.8. The first-order valence-corrected chi connectivity index (χ1v) is 23.4. The van der Waals surface area contributed by atoms with E-state index in [4.69, 9.17) is 9.97 Å². The predicted molar refractivity (Wildman–Crippen MR) is 265 cm³/mol. The third-order valence-corrected chi connectivity index (χ3v) is 16.0. The van der Waals surface area contributed by atoms with Gasteiger partial charge in [-0.05, 0) is 151 Å². The summed E-state index contributed by atoms with van der Waals surface area (Å²) in [7, 11) is 0. The smallest absolute Gasteiger partial charge is 0.160 e. The zero-order valence-electron chi connectivity index (χ0n) is 35.7. The summed E-state index contributed by atoms with van der Waals surface area (Å²) in [6, 6.07) is 71.9. The monoisotopic (exact) mass is 818 g/mol. The van der Waals surface area contributed by atoms with Crippen LogP contribution in [0.4, 0.5) is 0 Å². The number of fused-ring (bicyclic) bond motifs is 6. The summed E-state index contributed by atoms with van der Waals surface area (Å²) in [6.45, 7) is 0. The average Bonchev–Trinajstić information content (AvgIpc) is 3.64. The Bertz CT molecular complexity index is 3430. The minimum atomic E-state index is 0.0604. The summed E-state index contributed by atoms with van der Waals surface area (Å²) in [5.74, 6) is 3.88. The Morgan fingerprint density at radius 1 is 0.344 bits per heavy atom. The number of rotatable bonds is 5. The van der Waals surface area contributed by atoms with Crippen molar-refractivity contribution in [3.05, 3.63) is 205 Å². The SMILES string of the molecule is c1ccc(-c2nc(-c3ccccc3-c3ccccc3)cc(-c3c4ccccc4c(-c4cccc5c4-c4cc6ccccc6cc4C54C5CC6CC(C5)CC4C6)c4ccccc34)n2)cc1. The molecule has 10 aromatic rings. The van der Waals surface area contributed by atoms with Crippen LogP contribution < -0.4 is 0 Å².